The van der Waals surface area contributed by atoms with E-state index in [4.69, 9.17) is 11.6 Å². The van der Waals surface area contributed by atoms with Crippen LogP contribution in [0.25, 0.3) is 10.2 Å². The van der Waals surface area contributed by atoms with Gasteiger partial charge in [-0.15, -0.1) is 0 Å². The van der Waals surface area contributed by atoms with E-state index in [9.17, 15) is 13.6 Å². The van der Waals surface area contributed by atoms with E-state index in [1.807, 2.05) is 30.3 Å². The van der Waals surface area contributed by atoms with Crippen molar-refractivity contribution in [3.05, 3.63) is 94.5 Å². The molecule has 0 saturated carbocycles. The number of nitrogens with zero attached hydrogens (tertiary/aromatic N) is 2. The Morgan fingerprint density at radius 3 is 2.57 bits per heavy atom. The van der Waals surface area contributed by atoms with Crippen LogP contribution in [0.4, 0.5) is 13.9 Å². The zero-order valence-electron chi connectivity index (χ0n) is 14.4. The summed E-state index contributed by atoms with van der Waals surface area (Å²) in [6.45, 7) is 0.198. The van der Waals surface area contributed by atoms with Gasteiger partial charge in [-0.3, -0.25) is 9.69 Å². The van der Waals surface area contributed by atoms with Crippen LogP contribution in [-0.2, 0) is 6.54 Å². The number of carbonyl (C=O) groups is 1. The summed E-state index contributed by atoms with van der Waals surface area (Å²) in [6.07, 6.45) is 0. The number of halogens is 3. The first-order chi connectivity index (χ1) is 13.5. The molecule has 0 atom stereocenters. The first kappa shape index (κ1) is 18.5. The van der Waals surface area contributed by atoms with Crippen LogP contribution in [0.2, 0.25) is 5.02 Å². The summed E-state index contributed by atoms with van der Waals surface area (Å²) in [6, 6.07) is 17.5. The largest absolute Gasteiger partial charge is 0.279 e. The van der Waals surface area contributed by atoms with E-state index < -0.39 is 17.5 Å². The average molecular weight is 415 g/mol. The molecule has 3 nitrogen and oxygen atoms in total. The van der Waals surface area contributed by atoms with Crippen LogP contribution in [0.1, 0.15) is 15.9 Å². The number of thiazole rings is 1. The lowest BCUT2D eigenvalue weighted by molar-refractivity contribution is 0.0981. The van der Waals surface area contributed by atoms with Gasteiger partial charge in [0.15, 0.2) is 5.13 Å². The van der Waals surface area contributed by atoms with E-state index in [1.54, 1.807) is 18.2 Å². The van der Waals surface area contributed by atoms with Gasteiger partial charge in [0.1, 0.15) is 11.6 Å². The molecule has 0 aliphatic carbocycles. The van der Waals surface area contributed by atoms with Crippen molar-refractivity contribution in [3.8, 4) is 0 Å². The predicted molar refractivity (Wildman–Crippen MR) is 108 cm³/mol. The van der Waals surface area contributed by atoms with Crippen LogP contribution in [-0.4, -0.2) is 10.9 Å². The number of hydrogen-bond acceptors (Lipinski definition) is 3. The molecule has 1 amide bonds. The van der Waals surface area contributed by atoms with E-state index in [1.165, 1.54) is 16.2 Å². The number of rotatable bonds is 4. The molecule has 3 aromatic carbocycles. The number of amides is 1. The summed E-state index contributed by atoms with van der Waals surface area (Å²) >= 11 is 7.33. The Bertz CT molecular complexity index is 1160. The summed E-state index contributed by atoms with van der Waals surface area (Å²) in [5.41, 5.74) is 1.33. The maximum atomic E-state index is 14.3. The van der Waals surface area contributed by atoms with Gasteiger partial charge in [-0.1, -0.05) is 53.3 Å². The van der Waals surface area contributed by atoms with Gasteiger partial charge in [0.2, 0.25) is 0 Å². The first-order valence-electron chi connectivity index (χ1n) is 8.38. The maximum Gasteiger partial charge on any atom is 0.263 e. The van der Waals surface area contributed by atoms with Gasteiger partial charge < -0.3 is 0 Å². The summed E-state index contributed by atoms with van der Waals surface area (Å²) in [4.78, 5) is 19.0. The van der Waals surface area contributed by atoms with Crippen molar-refractivity contribution in [2.24, 2.45) is 0 Å². The Balaban J connectivity index is 1.79. The van der Waals surface area contributed by atoms with Crippen LogP contribution in [0.15, 0.2) is 66.7 Å². The highest BCUT2D eigenvalue weighted by atomic mass is 35.5. The van der Waals surface area contributed by atoms with E-state index in [2.05, 4.69) is 4.98 Å². The maximum absolute atomic E-state index is 14.3. The molecule has 0 aliphatic heterocycles. The monoisotopic (exact) mass is 414 g/mol. The summed E-state index contributed by atoms with van der Waals surface area (Å²) in [5.74, 6) is -2.24. The molecule has 0 N–H and O–H groups in total. The molecule has 140 valence electrons. The topological polar surface area (TPSA) is 33.2 Å². The fourth-order valence-electron chi connectivity index (χ4n) is 2.80. The lowest BCUT2D eigenvalue weighted by Crippen LogP contribution is -2.31. The summed E-state index contributed by atoms with van der Waals surface area (Å²) in [7, 11) is 0. The first-order valence-corrected chi connectivity index (χ1v) is 9.57. The zero-order chi connectivity index (χ0) is 19.7. The highest BCUT2D eigenvalue weighted by Crippen LogP contribution is 2.32. The Labute approximate surface area is 168 Å². The van der Waals surface area contributed by atoms with Gasteiger partial charge in [0.25, 0.3) is 5.91 Å². The van der Waals surface area contributed by atoms with Crippen molar-refractivity contribution in [1.82, 2.24) is 4.98 Å². The van der Waals surface area contributed by atoms with Crippen LogP contribution >= 0.6 is 22.9 Å². The molecule has 0 fully saturated rings. The average Bonchev–Trinajstić information content (AvgIpc) is 3.09. The highest BCUT2D eigenvalue weighted by molar-refractivity contribution is 7.22. The molecule has 1 aromatic heterocycles. The van der Waals surface area contributed by atoms with Crippen LogP contribution in [0.3, 0.4) is 0 Å². The van der Waals surface area contributed by atoms with Crippen molar-refractivity contribution in [2.75, 3.05) is 4.90 Å². The molecule has 7 heteroatoms. The Hall–Kier alpha value is -2.83. The number of aromatic nitrogens is 1. The van der Waals surface area contributed by atoms with Crippen molar-refractivity contribution < 1.29 is 13.6 Å². The van der Waals surface area contributed by atoms with Crippen molar-refractivity contribution in [1.29, 1.82) is 0 Å². The molecule has 0 radical (unpaired) electrons. The van der Waals surface area contributed by atoms with Gasteiger partial charge >= 0.3 is 0 Å². The number of fused-ring (bicyclic) bond motifs is 1. The standard InChI is InChI=1S/C21H13ClF2N2OS/c22-14-6-9-18-19(10-14)28-21(25-18)26(12-13-4-2-1-3-5-13)20(27)16-8-7-15(23)11-17(16)24/h1-11H,12H2. The summed E-state index contributed by atoms with van der Waals surface area (Å²) < 4.78 is 28.3. The molecule has 4 aromatic rings. The SMILES string of the molecule is O=C(c1ccc(F)cc1F)N(Cc1ccccc1)c1nc2ccc(Cl)cc2s1. The number of anilines is 1. The lowest BCUT2D eigenvalue weighted by Gasteiger charge is -2.20. The Kier molecular flexibility index (Phi) is 5.07. The minimum atomic E-state index is -0.910. The molecule has 0 unspecified atom stereocenters. The molecule has 0 spiro atoms. The van der Waals surface area contributed by atoms with Gasteiger partial charge in [-0.25, -0.2) is 13.8 Å². The van der Waals surface area contributed by atoms with Gasteiger partial charge in [-0.05, 0) is 35.9 Å². The van der Waals surface area contributed by atoms with E-state index in [-0.39, 0.29) is 12.1 Å². The third-order valence-electron chi connectivity index (χ3n) is 4.16. The number of benzene rings is 3. The van der Waals surface area contributed by atoms with Crippen molar-refractivity contribution in [2.45, 2.75) is 6.54 Å². The third kappa shape index (κ3) is 3.74. The number of carbonyl (C=O) groups excluding carboxylic acids is 1. The normalized spacial score (nSPS) is 11.0. The molecular weight excluding hydrogens is 402 g/mol. The van der Waals surface area contributed by atoms with E-state index in [0.717, 1.165) is 22.4 Å². The molecule has 4 rings (SSSR count). The minimum Gasteiger partial charge on any atom is -0.279 e. The molecular formula is C21H13ClF2N2OS. The molecule has 0 bridgehead atoms. The third-order valence-corrected chi connectivity index (χ3v) is 5.44. The molecule has 28 heavy (non-hydrogen) atoms. The Morgan fingerprint density at radius 2 is 1.82 bits per heavy atom. The smallest absolute Gasteiger partial charge is 0.263 e. The van der Waals surface area contributed by atoms with E-state index >= 15 is 0 Å². The quantitative estimate of drug-likeness (QED) is 0.405. The van der Waals surface area contributed by atoms with E-state index in [0.29, 0.717) is 21.7 Å². The summed E-state index contributed by atoms with van der Waals surface area (Å²) in [5, 5.41) is 0.975. The van der Waals surface area contributed by atoms with Gasteiger partial charge in [0.05, 0.1) is 22.3 Å². The molecule has 0 aliphatic rings. The van der Waals surface area contributed by atoms with Gasteiger partial charge in [-0.2, -0.15) is 0 Å². The molecule has 0 saturated heterocycles. The fraction of sp³-hybridized carbons (Fsp3) is 0.0476. The fourth-order valence-corrected chi connectivity index (χ4v) is 4.04. The molecule has 1 heterocycles. The van der Waals surface area contributed by atoms with Crippen LogP contribution < -0.4 is 4.90 Å². The van der Waals surface area contributed by atoms with Crippen LogP contribution in [0.5, 0.6) is 0 Å². The van der Waals surface area contributed by atoms with Gasteiger partial charge in [0, 0.05) is 11.1 Å². The number of hydrogen-bond donors (Lipinski definition) is 0. The Morgan fingerprint density at radius 1 is 1.04 bits per heavy atom. The minimum absolute atomic E-state index is 0.198. The van der Waals surface area contributed by atoms with Crippen molar-refractivity contribution in [3.63, 3.8) is 0 Å². The second-order valence-corrected chi connectivity index (χ2v) is 7.56. The van der Waals surface area contributed by atoms with Crippen LogP contribution in [0, 0.1) is 11.6 Å². The second-order valence-electron chi connectivity index (χ2n) is 6.11. The zero-order valence-corrected chi connectivity index (χ0v) is 16.0. The van der Waals surface area contributed by atoms with Crippen molar-refractivity contribution >= 4 is 44.2 Å². The lowest BCUT2D eigenvalue weighted by atomic mass is 10.1. The second kappa shape index (κ2) is 7.66. The highest BCUT2D eigenvalue weighted by Gasteiger charge is 2.24. The predicted octanol–water partition coefficient (Wildman–Crippen LogP) is 6.07.